The Morgan fingerprint density at radius 2 is 2.22 bits per heavy atom. The number of rotatable bonds is 3. The van der Waals surface area contributed by atoms with Crippen LogP contribution in [0.1, 0.15) is 0 Å². The van der Waals surface area contributed by atoms with Gasteiger partial charge in [0.15, 0.2) is 0 Å². The van der Waals surface area contributed by atoms with Gasteiger partial charge in [-0.15, -0.1) is 0 Å². The number of hydrogen-bond donors (Lipinski definition) is 2. The van der Waals surface area contributed by atoms with Crippen LogP contribution in [0.5, 0.6) is 0 Å². The molecule has 2 aliphatic rings. The number of nitrogens with one attached hydrogen (secondary N) is 1. The van der Waals surface area contributed by atoms with E-state index in [-0.39, 0.29) is 17.9 Å². The second kappa shape index (κ2) is 5.90. The van der Waals surface area contributed by atoms with Gasteiger partial charge in [-0.3, -0.25) is 4.79 Å². The number of carbonyl (C=O) groups excluding carboxylic acids is 1. The molecule has 0 spiro atoms. The lowest BCUT2D eigenvalue weighted by molar-refractivity contribution is -0.151. The smallest absolute Gasteiger partial charge is 0.327 e. The third-order valence-corrected chi connectivity index (χ3v) is 4.49. The quantitative estimate of drug-likeness (QED) is 0.705. The maximum absolute atomic E-state index is 12.4. The zero-order valence-corrected chi connectivity index (χ0v) is 11.1. The summed E-state index contributed by atoms with van der Waals surface area (Å²) in [6.07, 6.45) is 0. The minimum atomic E-state index is -0.921. The van der Waals surface area contributed by atoms with Crippen molar-refractivity contribution in [2.45, 2.75) is 12.1 Å². The minimum absolute atomic E-state index is 0.0125. The molecule has 2 saturated heterocycles. The lowest BCUT2D eigenvalue weighted by atomic mass is 10.0. The van der Waals surface area contributed by atoms with Gasteiger partial charge < -0.3 is 20.1 Å². The van der Waals surface area contributed by atoms with E-state index in [1.807, 2.05) is 0 Å². The van der Waals surface area contributed by atoms with E-state index >= 15 is 0 Å². The third-order valence-electron chi connectivity index (χ3n) is 3.47. The van der Waals surface area contributed by atoms with Gasteiger partial charge >= 0.3 is 5.97 Å². The Kier molecular flexibility index (Phi) is 4.47. The van der Waals surface area contributed by atoms with Gasteiger partial charge in [-0.2, -0.15) is 11.8 Å². The molecule has 18 heavy (non-hydrogen) atoms. The number of likely N-dealkylation sites (N-methyl/N-ethyl adjacent to an activating group) is 1. The number of carboxylic acids is 1. The Labute approximate surface area is 110 Å². The molecule has 6 nitrogen and oxygen atoms in total. The van der Waals surface area contributed by atoms with E-state index in [1.54, 1.807) is 18.8 Å². The summed E-state index contributed by atoms with van der Waals surface area (Å²) in [5.41, 5.74) is 0. The van der Waals surface area contributed by atoms with Crippen molar-refractivity contribution in [2.24, 2.45) is 5.92 Å². The van der Waals surface area contributed by atoms with Gasteiger partial charge in [0.1, 0.15) is 6.04 Å². The molecule has 0 aromatic carbocycles. The van der Waals surface area contributed by atoms with Crippen molar-refractivity contribution in [3.8, 4) is 0 Å². The van der Waals surface area contributed by atoms with Crippen LogP contribution >= 0.6 is 11.8 Å². The molecule has 2 rings (SSSR count). The highest BCUT2D eigenvalue weighted by atomic mass is 32.2. The second-order valence-corrected chi connectivity index (χ2v) is 5.65. The standard InChI is InChI=1S/C11H18N2O4S/c1-12-8-5-17-4-7(8)10(14)13-2-3-18-6-9(13)11(15)16/h7-9,12H,2-6H2,1H3,(H,15,16). The molecule has 1 amide bonds. The lowest BCUT2D eigenvalue weighted by Crippen LogP contribution is -2.54. The van der Waals surface area contributed by atoms with Crippen LogP contribution in [-0.4, -0.2) is 72.3 Å². The number of nitrogens with zero attached hydrogens (tertiary/aromatic N) is 1. The van der Waals surface area contributed by atoms with Crippen molar-refractivity contribution >= 4 is 23.6 Å². The first-order valence-corrected chi connectivity index (χ1v) is 7.16. The summed E-state index contributed by atoms with van der Waals surface area (Å²) in [5, 5.41) is 12.2. The Balaban J connectivity index is 2.08. The highest BCUT2D eigenvalue weighted by molar-refractivity contribution is 7.99. The fourth-order valence-corrected chi connectivity index (χ4v) is 3.41. The zero-order valence-electron chi connectivity index (χ0n) is 10.3. The molecule has 2 heterocycles. The Bertz CT molecular complexity index is 339. The highest BCUT2D eigenvalue weighted by Crippen LogP contribution is 2.23. The molecule has 2 aliphatic heterocycles. The van der Waals surface area contributed by atoms with Crippen LogP contribution < -0.4 is 5.32 Å². The van der Waals surface area contributed by atoms with E-state index in [0.717, 1.165) is 5.75 Å². The van der Waals surface area contributed by atoms with E-state index in [9.17, 15) is 9.59 Å². The fraction of sp³-hybridized carbons (Fsp3) is 0.818. The first-order valence-electron chi connectivity index (χ1n) is 6.01. The summed E-state index contributed by atoms with van der Waals surface area (Å²) < 4.78 is 5.31. The van der Waals surface area contributed by atoms with Crippen molar-refractivity contribution in [1.29, 1.82) is 0 Å². The molecule has 0 aromatic rings. The molecule has 0 radical (unpaired) electrons. The SMILES string of the molecule is CNC1COCC1C(=O)N1CCSCC1C(=O)O. The normalized spacial score (nSPS) is 32.5. The van der Waals surface area contributed by atoms with Crippen molar-refractivity contribution in [2.75, 3.05) is 38.3 Å². The molecule has 3 unspecified atom stereocenters. The predicted molar refractivity (Wildman–Crippen MR) is 67.6 cm³/mol. The van der Waals surface area contributed by atoms with Gasteiger partial charge in [-0.1, -0.05) is 0 Å². The Hall–Kier alpha value is -0.790. The number of carboxylic acid groups (broad SMARTS) is 1. The van der Waals surface area contributed by atoms with Crippen molar-refractivity contribution in [1.82, 2.24) is 10.2 Å². The molecule has 0 aromatic heterocycles. The molecule has 7 heteroatoms. The molecule has 2 fully saturated rings. The number of thioether (sulfide) groups is 1. The summed E-state index contributed by atoms with van der Waals surface area (Å²) in [6.45, 7) is 1.39. The third kappa shape index (κ3) is 2.62. The topological polar surface area (TPSA) is 78.9 Å². The van der Waals surface area contributed by atoms with Crippen LogP contribution in [0.2, 0.25) is 0 Å². The van der Waals surface area contributed by atoms with Crippen LogP contribution in [-0.2, 0) is 14.3 Å². The largest absolute Gasteiger partial charge is 0.480 e. The number of amides is 1. The van der Waals surface area contributed by atoms with Gasteiger partial charge in [-0.25, -0.2) is 4.79 Å². The van der Waals surface area contributed by atoms with Crippen molar-refractivity contribution < 1.29 is 19.4 Å². The molecule has 102 valence electrons. The molecule has 0 saturated carbocycles. The average Bonchev–Trinajstić information content (AvgIpc) is 2.86. The minimum Gasteiger partial charge on any atom is -0.480 e. The van der Waals surface area contributed by atoms with E-state index in [2.05, 4.69) is 5.32 Å². The fourth-order valence-electron chi connectivity index (χ4n) is 2.37. The zero-order chi connectivity index (χ0) is 13.1. The molecule has 0 aliphatic carbocycles. The van der Waals surface area contributed by atoms with Gasteiger partial charge in [0.25, 0.3) is 0 Å². The van der Waals surface area contributed by atoms with E-state index in [0.29, 0.717) is 25.5 Å². The van der Waals surface area contributed by atoms with Crippen molar-refractivity contribution in [3.05, 3.63) is 0 Å². The van der Waals surface area contributed by atoms with Crippen LogP contribution in [0.15, 0.2) is 0 Å². The number of ether oxygens (including phenoxy) is 1. The van der Waals surface area contributed by atoms with Gasteiger partial charge in [0.05, 0.1) is 19.1 Å². The number of carbonyl (C=O) groups is 2. The van der Waals surface area contributed by atoms with E-state index in [1.165, 1.54) is 4.90 Å². The maximum Gasteiger partial charge on any atom is 0.327 e. The molecular formula is C11H18N2O4S. The molecule has 3 atom stereocenters. The van der Waals surface area contributed by atoms with Crippen LogP contribution in [0, 0.1) is 5.92 Å². The molecular weight excluding hydrogens is 256 g/mol. The van der Waals surface area contributed by atoms with E-state index < -0.39 is 12.0 Å². The average molecular weight is 274 g/mol. The number of hydrogen-bond acceptors (Lipinski definition) is 5. The first-order chi connectivity index (χ1) is 8.65. The van der Waals surface area contributed by atoms with Crippen LogP contribution in [0.25, 0.3) is 0 Å². The van der Waals surface area contributed by atoms with Crippen molar-refractivity contribution in [3.63, 3.8) is 0 Å². The predicted octanol–water partition coefficient (Wildman–Crippen LogP) is -0.751. The van der Waals surface area contributed by atoms with Crippen LogP contribution in [0.3, 0.4) is 0 Å². The summed E-state index contributed by atoms with van der Waals surface area (Å²) >= 11 is 1.58. The first kappa shape index (κ1) is 13.6. The van der Waals surface area contributed by atoms with Gasteiger partial charge in [-0.05, 0) is 7.05 Å². The Morgan fingerprint density at radius 1 is 1.44 bits per heavy atom. The van der Waals surface area contributed by atoms with Crippen LogP contribution in [0.4, 0.5) is 0 Å². The molecule has 0 bridgehead atoms. The van der Waals surface area contributed by atoms with E-state index in [4.69, 9.17) is 9.84 Å². The van der Waals surface area contributed by atoms with Gasteiger partial charge in [0.2, 0.25) is 5.91 Å². The number of aliphatic carboxylic acids is 1. The highest BCUT2D eigenvalue weighted by Gasteiger charge is 2.40. The summed E-state index contributed by atoms with van der Waals surface area (Å²) in [5.74, 6) is -0.0124. The second-order valence-electron chi connectivity index (χ2n) is 4.50. The summed E-state index contributed by atoms with van der Waals surface area (Å²) in [4.78, 5) is 25.1. The summed E-state index contributed by atoms with van der Waals surface area (Å²) in [6, 6.07) is -0.712. The maximum atomic E-state index is 12.4. The molecule has 2 N–H and O–H groups in total. The summed E-state index contributed by atoms with van der Waals surface area (Å²) in [7, 11) is 1.79. The Morgan fingerprint density at radius 3 is 2.89 bits per heavy atom. The monoisotopic (exact) mass is 274 g/mol. The van der Waals surface area contributed by atoms with Gasteiger partial charge in [0, 0.05) is 24.1 Å². The lowest BCUT2D eigenvalue weighted by Gasteiger charge is -2.35.